The molecular formula is C22H15Cl2N2O. The zero-order valence-electron chi connectivity index (χ0n) is 14.5. The lowest BCUT2D eigenvalue weighted by Crippen LogP contribution is -1.99. The Bertz CT molecular complexity index is 1070. The molecule has 0 N–H and O–H groups in total. The first kappa shape index (κ1) is 17.7. The fourth-order valence-electron chi connectivity index (χ4n) is 2.86. The van der Waals surface area contributed by atoms with Crippen molar-refractivity contribution in [3.8, 4) is 34.0 Å². The molecule has 3 aromatic carbocycles. The van der Waals surface area contributed by atoms with Crippen LogP contribution in [0.3, 0.4) is 0 Å². The van der Waals surface area contributed by atoms with Gasteiger partial charge in [-0.1, -0.05) is 47.5 Å². The second-order valence-electron chi connectivity index (χ2n) is 5.92. The van der Waals surface area contributed by atoms with Crippen LogP contribution in [-0.4, -0.2) is 16.9 Å². The third kappa shape index (κ3) is 3.57. The molecule has 0 spiro atoms. The van der Waals surface area contributed by atoms with Crippen molar-refractivity contribution in [3.05, 3.63) is 88.9 Å². The third-order valence-corrected chi connectivity index (χ3v) is 4.79. The van der Waals surface area contributed by atoms with Crippen LogP contribution in [0.2, 0.25) is 10.0 Å². The number of halogens is 2. The van der Waals surface area contributed by atoms with Gasteiger partial charge in [-0.15, -0.1) is 0 Å². The van der Waals surface area contributed by atoms with Gasteiger partial charge in [0.2, 0.25) is 0 Å². The van der Waals surface area contributed by atoms with Crippen molar-refractivity contribution in [3.63, 3.8) is 0 Å². The number of benzene rings is 3. The van der Waals surface area contributed by atoms with E-state index in [0.717, 1.165) is 34.0 Å². The number of nitrogens with zero attached hydrogens (tertiary/aromatic N) is 2. The average molecular weight is 394 g/mol. The Morgan fingerprint density at radius 3 is 2.37 bits per heavy atom. The first-order valence-corrected chi connectivity index (χ1v) is 9.08. The summed E-state index contributed by atoms with van der Waals surface area (Å²) in [4.78, 5) is 0. The van der Waals surface area contributed by atoms with Gasteiger partial charge in [0.25, 0.3) is 0 Å². The van der Waals surface area contributed by atoms with Crippen LogP contribution in [-0.2, 0) is 0 Å². The van der Waals surface area contributed by atoms with Crippen molar-refractivity contribution in [2.75, 3.05) is 7.11 Å². The molecule has 27 heavy (non-hydrogen) atoms. The number of hydrogen-bond donors (Lipinski definition) is 0. The van der Waals surface area contributed by atoms with Crippen molar-refractivity contribution >= 4 is 23.2 Å². The molecule has 1 aromatic heterocycles. The zero-order valence-corrected chi connectivity index (χ0v) is 16.0. The van der Waals surface area contributed by atoms with Crippen LogP contribution in [0.1, 0.15) is 0 Å². The van der Waals surface area contributed by atoms with Gasteiger partial charge >= 0.3 is 0 Å². The molecule has 4 aromatic rings. The Morgan fingerprint density at radius 2 is 1.70 bits per heavy atom. The molecule has 5 heteroatoms. The van der Waals surface area contributed by atoms with E-state index in [1.54, 1.807) is 7.11 Å². The summed E-state index contributed by atoms with van der Waals surface area (Å²) in [5, 5.41) is 6.09. The first-order chi connectivity index (χ1) is 13.2. The average Bonchev–Trinajstić information content (AvgIpc) is 3.14. The number of aromatic nitrogens is 2. The van der Waals surface area contributed by atoms with Gasteiger partial charge in [0.05, 0.1) is 29.2 Å². The summed E-state index contributed by atoms with van der Waals surface area (Å²) in [6.45, 7) is 0. The molecule has 0 bridgehead atoms. The maximum atomic E-state index is 6.36. The molecule has 1 heterocycles. The molecule has 0 fully saturated rings. The zero-order chi connectivity index (χ0) is 18.8. The van der Waals surface area contributed by atoms with Crippen LogP contribution >= 0.6 is 23.2 Å². The van der Waals surface area contributed by atoms with Gasteiger partial charge in [0, 0.05) is 16.1 Å². The van der Waals surface area contributed by atoms with E-state index in [2.05, 4.69) is 6.07 Å². The lowest BCUT2D eigenvalue weighted by molar-refractivity contribution is 0.414. The normalized spacial score (nSPS) is 10.8. The molecule has 1 radical (unpaired) electrons. The van der Waals surface area contributed by atoms with Gasteiger partial charge in [-0.25, -0.2) is 4.68 Å². The van der Waals surface area contributed by atoms with Gasteiger partial charge in [0.1, 0.15) is 5.75 Å². The minimum Gasteiger partial charge on any atom is -0.497 e. The number of hydrogen-bond acceptors (Lipinski definition) is 2. The van der Waals surface area contributed by atoms with Gasteiger partial charge < -0.3 is 4.74 Å². The molecule has 0 saturated carbocycles. The van der Waals surface area contributed by atoms with E-state index in [4.69, 9.17) is 33.0 Å². The topological polar surface area (TPSA) is 27.1 Å². The van der Waals surface area contributed by atoms with E-state index in [-0.39, 0.29) is 0 Å². The molecule has 3 nitrogen and oxygen atoms in total. The Labute approximate surface area is 167 Å². The van der Waals surface area contributed by atoms with E-state index < -0.39 is 0 Å². The van der Waals surface area contributed by atoms with Crippen LogP contribution in [0.25, 0.3) is 28.2 Å². The fourth-order valence-corrected chi connectivity index (χ4v) is 3.21. The molecule has 0 amide bonds. The van der Waals surface area contributed by atoms with Gasteiger partial charge in [-0.05, 0) is 54.6 Å². The van der Waals surface area contributed by atoms with Crippen LogP contribution in [0, 0.1) is 6.07 Å². The van der Waals surface area contributed by atoms with Crippen LogP contribution < -0.4 is 4.74 Å². The summed E-state index contributed by atoms with van der Waals surface area (Å²) in [6.07, 6.45) is 0. The van der Waals surface area contributed by atoms with E-state index in [1.165, 1.54) is 0 Å². The summed E-state index contributed by atoms with van der Waals surface area (Å²) in [5.74, 6) is 0.790. The van der Waals surface area contributed by atoms with Crippen molar-refractivity contribution < 1.29 is 4.74 Å². The Balaban J connectivity index is 1.89. The minimum absolute atomic E-state index is 0.611. The molecule has 0 unspecified atom stereocenters. The van der Waals surface area contributed by atoms with Crippen LogP contribution in [0.15, 0.2) is 72.8 Å². The Kier molecular flexibility index (Phi) is 4.88. The van der Waals surface area contributed by atoms with Gasteiger partial charge in [0.15, 0.2) is 0 Å². The predicted octanol–water partition coefficient (Wildman–Crippen LogP) is 6.32. The van der Waals surface area contributed by atoms with Crippen molar-refractivity contribution in [1.29, 1.82) is 0 Å². The standard InChI is InChI=1S/C22H15Cl2N2O/c1-27-18-12-10-17(11-13-18)26-22(15-6-8-16(23)9-7-15)14-21(25-26)19-4-2-3-5-20(19)24/h2-3,5-14H,1H3. The molecule has 133 valence electrons. The highest BCUT2D eigenvalue weighted by molar-refractivity contribution is 6.33. The molecule has 0 aliphatic rings. The second kappa shape index (κ2) is 7.47. The van der Waals surface area contributed by atoms with Crippen molar-refractivity contribution in [2.24, 2.45) is 0 Å². The fraction of sp³-hybridized carbons (Fsp3) is 0.0455. The molecule has 0 aliphatic carbocycles. The monoisotopic (exact) mass is 393 g/mol. The number of methoxy groups -OCH3 is 1. The number of rotatable bonds is 4. The van der Waals surface area contributed by atoms with Gasteiger partial charge in [-0.2, -0.15) is 5.10 Å². The summed E-state index contributed by atoms with van der Waals surface area (Å²) in [7, 11) is 1.65. The summed E-state index contributed by atoms with van der Waals surface area (Å²) >= 11 is 12.4. The van der Waals surface area contributed by atoms with Crippen LogP contribution in [0.4, 0.5) is 0 Å². The Morgan fingerprint density at radius 1 is 0.963 bits per heavy atom. The largest absolute Gasteiger partial charge is 0.497 e. The summed E-state index contributed by atoms with van der Waals surface area (Å²) in [6, 6.07) is 26.1. The lowest BCUT2D eigenvalue weighted by Gasteiger charge is -2.08. The highest BCUT2D eigenvalue weighted by Crippen LogP contribution is 2.32. The predicted molar refractivity (Wildman–Crippen MR) is 110 cm³/mol. The lowest BCUT2D eigenvalue weighted by atomic mass is 10.1. The van der Waals surface area contributed by atoms with Crippen molar-refractivity contribution in [1.82, 2.24) is 9.78 Å². The third-order valence-electron chi connectivity index (χ3n) is 4.23. The highest BCUT2D eigenvalue weighted by atomic mass is 35.5. The van der Waals surface area contributed by atoms with E-state index in [0.29, 0.717) is 10.0 Å². The summed E-state index contributed by atoms with van der Waals surface area (Å²) in [5.41, 5.74) is 4.36. The van der Waals surface area contributed by atoms with E-state index in [9.17, 15) is 0 Å². The summed E-state index contributed by atoms with van der Waals surface area (Å²) < 4.78 is 7.14. The van der Waals surface area contributed by atoms with E-state index in [1.807, 2.05) is 77.5 Å². The SMILES string of the molecule is COc1ccc(-n2nc(-c3[c]cccc3Cl)cc2-c2ccc(Cl)cc2)cc1. The smallest absolute Gasteiger partial charge is 0.119 e. The molecule has 0 saturated heterocycles. The highest BCUT2D eigenvalue weighted by Gasteiger charge is 2.15. The molecule has 0 aliphatic heterocycles. The molecular weight excluding hydrogens is 379 g/mol. The second-order valence-corrected chi connectivity index (χ2v) is 6.77. The quantitative estimate of drug-likeness (QED) is 0.405. The maximum absolute atomic E-state index is 6.36. The minimum atomic E-state index is 0.611. The molecule has 0 atom stereocenters. The Hall–Kier alpha value is -2.75. The van der Waals surface area contributed by atoms with Crippen LogP contribution in [0.5, 0.6) is 5.75 Å². The maximum Gasteiger partial charge on any atom is 0.119 e. The number of ether oxygens (including phenoxy) is 1. The molecule has 4 rings (SSSR count). The first-order valence-electron chi connectivity index (χ1n) is 8.33. The van der Waals surface area contributed by atoms with Gasteiger partial charge in [-0.3, -0.25) is 0 Å². The van der Waals surface area contributed by atoms with E-state index >= 15 is 0 Å². The van der Waals surface area contributed by atoms with Crippen molar-refractivity contribution in [2.45, 2.75) is 0 Å².